The summed E-state index contributed by atoms with van der Waals surface area (Å²) in [4.78, 5) is 10.9. The van der Waals surface area contributed by atoms with Crippen LogP contribution >= 0.6 is 0 Å². The van der Waals surface area contributed by atoms with Crippen LogP contribution in [0.5, 0.6) is 5.75 Å². The quantitative estimate of drug-likeness (QED) is 0.917. The van der Waals surface area contributed by atoms with Crippen molar-refractivity contribution < 1.29 is 19.0 Å². The number of carbonyl (C=O) groups is 1. The predicted molar refractivity (Wildman–Crippen MR) is 74.6 cm³/mol. The molecule has 0 aliphatic heterocycles. The largest absolute Gasteiger partial charge is 0.491 e. The lowest BCUT2D eigenvalue weighted by atomic mass is 10.0. The molecule has 0 fully saturated rings. The van der Waals surface area contributed by atoms with Crippen molar-refractivity contribution in [3.63, 3.8) is 0 Å². The van der Waals surface area contributed by atoms with E-state index in [-0.39, 0.29) is 17.2 Å². The first-order valence-electron chi connectivity index (χ1n) is 6.28. The fraction of sp³-hybridized carbons (Fsp3) is 0.188. The van der Waals surface area contributed by atoms with Crippen molar-refractivity contribution in [3.05, 3.63) is 53.8 Å². The van der Waals surface area contributed by atoms with Gasteiger partial charge in [0, 0.05) is 5.56 Å². The summed E-state index contributed by atoms with van der Waals surface area (Å²) in [5, 5.41) is 8.92. The van der Waals surface area contributed by atoms with Gasteiger partial charge in [-0.05, 0) is 37.6 Å². The summed E-state index contributed by atoms with van der Waals surface area (Å²) in [6, 6.07) is 11.2. The van der Waals surface area contributed by atoms with Crippen LogP contribution in [0.2, 0.25) is 0 Å². The Kier molecular flexibility index (Phi) is 4.03. The molecule has 4 heteroatoms. The van der Waals surface area contributed by atoms with Gasteiger partial charge in [0.2, 0.25) is 0 Å². The second kappa shape index (κ2) is 5.74. The maximum absolute atomic E-state index is 14.1. The zero-order chi connectivity index (χ0) is 14.7. The second-order valence-corrected chi connectivity index (χ2v) is 4.66. The minimum atomic E-state index is -1.27. The number of hydrogen-bond acceptors (Lipinski definition) is 2. The van der Waals surface area contributed by atoms with Crippen LogP contribution < -0.4 is 4.74 Å². The third kappa shape index (κ3) is 2.96. The Morgan fingerprint density at radius 1 is 1.15 bits per heavy atom. The van der Waals surface area contributed by atoms with E-state index in [1.807, 2.05) is 13.8 Å². The Labute approximate surface area is 116 Å². The minimum absolute atomic E-state index is 0.0629. The maximum Gasteiger partial charge on any atom is 0.338 e. The van der Waals surface area contributed by atoms with E-state index in [2.05, 4.69) is 0 Å². The second-order valence-electron chi connectivity index (χ2n) is 4.66. The van der Waals surface area contributed by atoms with Crippen molar-refractivity contribution in [1.29, 1.82) is 0 Å². The van der Waals surface area contributed by atoms with Gasteiger partial charge in [-0.1, -0.05) is 24.3 Å². The van der Waals surface area contributed by atoms with E-state index in [0.717, 1.165) is 0 Å². The zero-order valence-corrected chi connectivity index (χ0v) is 11.3. The summed E-state index contributed by atoms with van der Waals surface area (Å²) in [5.41, 5.74) is 0.549. The fourth-order valence-corrected chi connectivity index (χ4v) is 1.91. The lowest BCUT2D eigenvalue weighted by Gasteiger charge is -2.11. The highest BCUT2D eigenvalue weighted by Gasteiger charge is 2.14. The third-order valence-electron chi connectivity index (χ3n) is 2.77. The molecule has 0 amide bonds. The van der Waals surface area contributed by atoms with Crippen LogP contribution in [-0.2, 0) is 0 Å². The summed E-state index contributed by atoms with van der Waals surface area (Å²) in [6.07, 6.45) is 0.0629. The molecule has 0 aromatic heterocycles. The lowest BCUT2D eigenvalue weighted by Crippen LogP contribution is -2.05. The number of benzene rings is 2. The van der Waals surface area contributed by atoms with Crippen molar-refractivity contribution in [2.24, 2.45) is 0 Å². The van der Waals surface area contributed by atoms with Gasteiger partial charge < -0.3 is 9.84 Å². The number of rotatable bonds is 4. The molecule has 0 bridgehead atoms. The molecular formula is C16H15FO3. The van der Waals surface area contributed by atoms with Crippen molar-refractivity contribution >= 4 is 5.97 Å². The van der Waals surface area contributed by atoms with Crippen LogP contribution in [-0.4, -0.2) is 17.2 Å². The topological polar surface area (TPSA) is 46.5 Å². The van der Waals surface area contributed by atoms with Gasteiger partial charge in [-0.25, -0.2) is 9.18 Å². The Balaban J connectivity index is 2.37. The Morgan fingerprint density at radius 2 is 1.80 bits per heavy atom. The predicted octanol–water partition coefficient (Wildman–Crippen LogP) is 3.98. The fourth-order valence-electron chi connectivity index (χ4n) is 1.91. The standard InChI is InChI=1S/C16H15FO3/c1-10(2)20-12-8-6-11(7-9-12)13-4-3-5-14(15(13)17)16(18)19/h3-10H,1-2H3,(H,18,19). The smallest absolute Gasteiger partial charge is 0.338 e. The molecule has 2 rings (SSSR count). The van der Waals surface area contributed by atoms with E-state index in [0.29, 0.717) is 11.3 Å². The molecule has 2 aromatic carbocycles. The van der Waals surface area contributed by atoms with Gasteiger partial charge in [0.15, 0.2) is 0 Å². The highest BCUT2D eigenvalue weighted by molar-refractivity contribution is 5.90. The number of halogens is 1. The monoisotopic (exact) mass is 274 g/mol. The van der Waals surface area contributed by atoms with E-state index in [9.17, 15) is 9.18 Å². The van der Waals surface area contributed by atoms with Crippen LogP contribution in [0, 0.1) is 5.82 Å². The van der Waals surface area contributed by atoms with Crippen molar-refractivity contribution in [2.45, 2.75) is 20.0 Å². The highest BCUT2D eigenvalue weighted by Crippen LogP contribution is 2.27. The van der Waals surface area contributed by atoms with E-state index < -0.39 is 11.8 Å². The van der Waals surface area contributed by atoms with Crippen LogP contribution in [0.25, 0.3) is 11.1 Å². The molecule has 0 heterocycles. The number of ether oxygens (including phenoxy) is 1. The first-order chi connectivity index (χ1) is 9.49. The normalized spacial score (nSPS) is 10.6. The molecular weight excluding hydrogens is 259 g/mol. The van der Waals surface area contributed by atoms with E-state index >= 15 is 0 Å². The number of carboxylic acid groups (broad SMARTS) is 1. The van der Waals surface area contributed by atoms with Gasteiger partial charge in [0.1, 0.15) is 11.6 Å². The summed E-state index contributed by atoms with van der Waals surface area (Å²) in [5.74, 6) is -1.31. The molecule has 0 saturated carbocycles. The zero-order valence-electron chi connectivity index (χ0n) is 11.3. The average molecular weight is 274 g/mol. The Bertz CT molecular complexity index is 618. The van der Waals surface area contributed by atoms with Crippen LogP contribution in [0.4, 0.5) is 4.39 Å². The first kappa shape index (κ1) is 14.1. The van der Waals surface area contributed by atoms with Crippen molar-refractivity contribution in [1.82, 2.24) is 0 Å². The summed E-state index contributed by atoms with van der Waals surface area (Å²) in [6.45, 7) is 3.84. The molecule has 104 valence electrons. The van der Waals surface area contributed by atoms with Gasteiger partial charge in [-0.15, -0.1) is 0 Å². The average Bonchev–Trinajstić information content (AvgIpc) is 2.39. The van der Waals surface area contributed by atoms with Crippen molar-refractivity contribution in [3.8, 4) is 16.9 Å². The van der Waals surface area contributed by atoms with Crippen LogP contribution in [0.3, 0.4) is 0 Å². The number of aromatic carboxylic acids is 1. The molecule has 2 aromatic rings. The molecule has 0 atom stereocenters. The lowest BCUT2D eigenvalue weighted by molar-refractivity contribution is 0.0692. The van der Waals surface area contributed by atoms with Gasteiger partial charge in [-0.3, -0.25) is 0 Å². The highest BCUT2D eigenvalue weighted by atomic mass is 19.1. The van der Waals surface area contributed by atoms with Gasteiger partial charge in [0.05, 0.1) is 11.7 Å². The van der Waals surface area contributed by atoms with Gasteiger partial charge in [0.25, 0.3) is 0 Å². The summed E-state index contributed by atoms with van der Waals surface area (Å²) >= 11 is 0. The van der Waals surface area contributed by atoms with E-state index in [1.54, 1.807) is 30.3 Å². The number of carboxylic acids is 1. The van der Waals surface area contributed by atoms with E-state index in [4.69, 9.17) is 9.84 Å². The molecule has 0 radical (unpaired) electrons. The molecule has 3 nitrogen and oxygen atoms in total. The van der Waals surface area contributed by atoms with Crippen molar-refractivity contribution in [2.75, 3.05) is 0 Å². The van der Waals surface area contributed by atoms with E-state index in [1.165, 1.54) is 12.1 Å². The van der Waals surface area contributed by atoms with Gasteiger partial charge in [-0.2, -0.15) is 0 Å². The molecule has 0 unspecified atom stereocenters. The van der Waals surface area contributed by atoms with Crippen LogP contribution in [0.1, 0.15) is 24.2 Å². The minimum Gasteiger partial charge on any atom is -0.491 e. The summed E-state index contributed by atoms with van der Waals surface area (Å²) in [7, 11) is 0. The Morgan fingerprint density at radius 3 is 2.35 bits per heavy atom. The molecule has 0 aliphatic rings. The molecule has 1 N–H and O–H groups in total. The molecule has 0 saturated heterocycles. The molecule has 0 spiro atoms. The van der Waals surface area contributed by atoms with Crippen LogP contribution in [0.15, 0.2) is 42.5 Å². The summed E-state index contributed by atoms with van der Waals surface area (Å²) < 4.78 is 19.6. The number of hydrogen-bond donors (Lipinski definition) is 1. The molecule has 0 aliphatic carbocycles. The first-order valence-corrected chi connectivity index (χ1v) is 6.28. The molecule has 20 heavy (non-hydrogen) atoms. The van der Waals surface area contributed by atoms with Gasteiger partial charge >= 0.3 is 5.97 Å². The SMILES string of the molecule is CC(C)Oc1ccc(-c2cccc(C(=O)O)c2F)cc1. The third-order valence-corrected chi connectivity index (χ3v) is 2.77. The maximum atomic E-state index is 14.1. The Hall–Kier alpha value is -2.36.